The molecule has 0 radical (unpaired) electrons. The molecule has 2 heterocycles. The van der Waals surface area contributed by atoms with Crippen LogP contribution >= 0.6 is 11.3 Å². The molecule has 2 aromatic carbocycles. The Kier molecular flexibility index (Phi) is 6.55. The predicted octanol–water partition coefficient (Wildman–Crippen LogP) is 3.21. The zero-order valence-corrected chi connectivity index (χ0v) is 18.0. The number of carbonyl (C=O) groups is 2. The monoisotopic (exact) mass is 467 g/mol. The van der Waals surface area contributed by atoms with Crippen molar-refractivity contribution in [3.8, 4) is 0 Å². The number of rotatable bonds is 7. The zero-order valence-electron chi connectivity index (χ0n) is 17.2. The van der Waals surface area contributed by atoms with E-state index in [4.69, 9.17) is 5.73 Å². The summed E-state index contributed by atoms with van der Waals surface area (Å²) in [6.07, 6.45) is 1.57. The molecule has 168 valence electrons. The Balaban J connectivity index is 1.50. The Morgan fingerprint density at radius 3 is 2.61 bits per heavy atom. The number of pyridine rings is 1. The molecular formula is C23H19F2N5O2S. The number of nitrogens with zero attached hydrogens (tertiary/aromatic N) is 2. The number of anilines is 1. The van der Waals surface area contributed by atoms with E-state index in [0.29, 0.717) is 11.4 Å². The summed E-state index contributed by atoms with van der Waals surface area (Å²) in [7, 11) is 0. The summed E-state index contributed by atoms with van der Waals surface area (Å²) in [5, 5.41) is 8.65. The number of fused-ring (bicyclic) bond motifs is 1. The lowest BCUT2D eigenvalue weighted by Gasteiger charge is -2.18. The number of hydrogen-bond donors (Lipinski definition) is 3. The molecule has 10 heteroatoms. The van der Waals surface area contributed by atoms with Gasteiger partial charge in [0.25, 0.3) is 5.91 Å². The molecule has 0 spiro atoms. The smallest absolute Gasteiger partial charge is 0.271 e. The summed E-state index contributed by atoms with van der Waals surface area (Å²) < 4.78 is 26.9. The third kappa shape index (κ3) is 5.29. The highest BCUT2D eigenvalue weighted by atomic mass is 32.1. The van der Waals surface area contributed by atoms with Gasteiger partial charge in [0.05, 0.1) is 5.51 Å². The molecule has 0 saturated carbocycles. The highest BCUT2D eigenvalue weighted by Crippen LogP contribution is 2.20. The van der Waals surface area contributed by atoms with Crippen LogP contribution in [-0.2, 0) is 17.8 Å². The number of nitrogens with two attached hydrogens (primary N) is 1. The van der Waals surface area contributed by atoms with Crippen molar-refractivity contribution >= 4 is 39.7 Å². The molecule has 0 bridgehead atoms. The van der Waals surface area contributed by atoms with Gasteiger partial charge in [-0.15, -0.1) is 11.3 Å². The van der Waals surface area contributed by atoms with E-state index in [9.17, 15) is 18.4 Å². The van der Waals surface area contributed by atoms with Crippen molar-refractivity contribution in [3.05, 3.63) is 88.0 Å². The summed E-state index contributed by atoms with van der Waals surface area (Å²) in [6.45, 7) is 0.192. The Bertz CT molecular complexity index is 1310. The SMILES string of the molecule is Nc1nccc2cc(CNC(=O)[C@H](Cc3ccc(F)c(F)c3)NC(=O)c3cscn3)ccc12. The van der Waals surface area contributed by atoms with Gasteiger partial charge in [-0.25, -0.2) is 18.7 Å². The first kappa shape index (κ1) is 22.3. The van der Waals surface area contributed by atoms with Crippen molar-refractivity contribution in [1.29, 1.82) is 0 Å². The second kappa shape index (κ2) is 9.70. The lowest BCUT2D eigenvalue weighted by Crippen LogP contribution is -2.48. The molecule has 7 nitrogen and oxygen atoms in total. The van der Waals surface area contributed by atoms with E-state index in [1.54, 1.807) is 11.6 Å². The minimum atomic E-state index is -1.03. The van der Waals surface area contributed by atoms with Crippen LogP contribution in [0.5, 0.6) is 0 Å². The topological polar surface area (TPSA) is 110 Å². The molecule has 0 fully saturated rings. The molecule has 0 aliphatic carbocycles. The number of nitrogen functional groups attached to an aromatic ring is 1. The number of carbonyl (C=O) groups excluding carboxylic acids is 2. The first-order chi connectivity index (χ1) is 15.9. The van der Waals surface area contributed by atoms with Gasteiger partial charge in [-0.05, 0) is 40.8 Å². The number of hydrogen-bond acceptors (Lipinski definition) is 6. The van der Waals surface area contributed by atoms with Gasteiger partial charge in [0, 0.05) is 29.9 Å². The van der Waals surface area contributed by atoms with Gasteiger partial charge < -0.3 is 16.4 Å². The van der Waals surface area contributed by atoms with Crippen molar-refractivity contribution < 1.29 is 18.4 Å². The summed E-state index contributed by atoms with van der Waals surface area (Å²) in [5.74, 6) is -2.61. The van der Waals surface area contributed by atoms with Gasteiger partial charge in [-0.2, -0.15) is 0 Å². The molecule has 4 N–H and O–H groups in total. The molecule has 33 heavy (non-hydrogen) atoms. The molecule has 4 aromatic rings. The van der Waals surface area contributed by atoms with Crippen molar-refractivity contribution in [1.82, 2.24) is 20.6 Å². The largest absolute Gasteiger partial charge is 0.383 e. The maximum Gasteiger partial charge on any atom is 0.271 e. The minimum absolute atomic E-state index is 0.0289. The standard InChI is InChI=1S/C23H19F2N5O2S/c24-17-4-2-13(8-18(17)25)9-19(30-23(32)20-11-33-12-29-20)22(31)28-10-14-1-3-16-15(7-14)5-6-27-21(16)26/h1-8,11-12,19H,9-10H2,(H2,26,27)(H,28,31)(H,30,32)/t19-/m0/s1. The third-order valence-corrected chi connectivity index (χ3v) is 5.62. The average molecular weight is 468 g/mol. The second-order valence-corrected chi connectivity index (χ2v) is 8.04. The fourth-order valence-electron chi connectivity index (χ4n) is 3.34. The number of aromatic nitrogens is 2. The fraction of sp³-hybridized carbons (Fsp3) is 0.130. The number of halogens is 2. The van der Waals surface area contributed by atoms with E-state index in [-0.39, 0.29) is 18.7 Å². The highest BCUT2D eigenvalue weighted by molar-refractivity contribution is 7.07. The van der Waals surface area contributed by atoms with Gasteiger partial charge in [0.1, 0.15) is 17.6 Å². The van der Waals surface area contributed by atoms with Crippen molar-refractivity contribution in [3.63, 3.8) is 0 Å². The van der Waals surface area contributed by atoms with E-state index >= 15 is 0 Å². The molecule has 0 unspecified atom stereocenters. The summed E-state index contributed by atoms with van der Waals surface area (Å²) in [6, 6.07) is 9.67. The maximum absolute atomic E-state index is 13.7. The minimum Gasteiger partial charge on any atom is -0.383 e. The lowest BCUT2D eigenvalue weighted by atomic mass is 10.0. The number of nitrogens with one attached hydrogen (secondary N) is 2. The molecule has 0 aliphatic rings. The second-order valence-electron chi connectivity index (χ2n) is 7.32. The molecule has 0 aliphatic heterocycles. The first-order valence-corrected chi connectivity index (χ1v) is 10.9. The van der Waals surface area contributed by atoms with E-state index in [0.717, 1.165) is 28.5 Å². The summed E-state index contributed by atoms with van der Waals surface area (Å²) in [4.78, 5) is 33.4. The van der Waals surface area contributed by atoms with Crippen molar-refractivity contribution in [2.24, 2.45) is 0 Å². The van der Waals surface area contributed by atoms with Crippen LogP contribution in [-0.4, -0.2) is 27.8 Å². The fourth-order valence-corrected chi connectivity index (χ4v) is 3.87. The van der Waals surface area contributed by atoms with Crippen LogP contribution in [0.1, 0.15) is 21.6 Å². The van der Waals surface area contributed by atoms with E-state index in [1.807, 2.05) is 24.3 Å². The van der Waals surface area contributed by atoms with Gasteiger partial charge in [0.2, 0.25) is 5.91 Å². The molecule has 1 atom stereocenters. The average Bonchev–Trinajstić information content (AvgIpc) is 3.35. The Labute approximate surface area is 191 Å². The summed E-state index contributed by atoms with van der Waals surface area (Å²) in [5.41, 5.74) is 8.72. The van der Waals surface area contributed by atoms with Crippen molar-refractivity contribution in [2.75, 3.05) is 5.73 Å². The van der Waals surface area contributed by atoms with Crippen molar-refractivity contribution in [2.45, 2.75) is 19.0 Å². The van der Waals surface area contributed by atoms with E-state index in [1.165, 1.54) is 22.9 Å². The molecule has 2 aromatic heterocycles. The Morgan fingerprint density at radius 1 is 1.03 bits per heavy atom. The quantitative estimate of drug-likeness (QED) is 0.387. The van der Waals surface area contributed by atoms with Gasteiger partial charge >= 0.3 is 0 Å². The molecular weight excluding hydrogens is 448 g/mol. The van der Waals surface area contributed by atoms with E-state index < -0.39 is 29.5 Å². The number of thiazole rings is 1. The van der Waals surface area contributed by atoms with Gasteiger partial charge in [-0.1, -0.05) is 18.2 Å². The van der Waals surface area contributed by atoms with Crippen LogP contribution in [0.25, 0.3) is 10.8 Å². The predicted molar refractivity (Wildman–Crippen MR) is 121 cm³/mol. The van der Waals surface area contributed by atoms with Crippen LogP contribution in [0.4, 0.5) is 14.6 Å². The Hall–Kier alpha value is -3.92. The highest BCUT2D eigenvalue weighted by Gasteiger charge is 2.23. The molecule has 2 amide bonds. The van der Waals surface area contributed by atoms with Gasteiger partial charge in [0.15, 0.2) is 11.6 Å². The van der Waals surface area contributed by atoms with Crippen LogP contribution in [0.2, 0.25) is 0 Å². The van der Waals surface area contributed by atoms with Gasteiger partial charge in [-0.3, -0.25) is 9.59 Å². The first-order valence-electron chi connectivity index (χ1n) is 9.94. The lowest BCUT2D eigenvalue weighted by molar-refractivity contribution is -0.123. The van der Waals surface area contributed by atoms with Crippen LogP contribution in [0, 0.1) is 11.6 Å². The van der Waals surface area contributed by atoms with E-state index in [2.05, 4.69) is 20.6 Å². The zero-order chi connectivity index (χ0) is 23.4. The Morgan fingerprint density at radius 2 is 1.85 bits per heavy atom. The third-order valence-electron chi connectivity index (χ3n) is 5.04. The number of amides is 2. The van der Waals surface area contributed by atoms with Crippen LogP contribution in [0.3, 0.4) is 0 Å². The van der Waals surface area contributed by atoms with Crippen LogP contribution in [0.15, 0.2) is 59.6 Å². The number of benzene rings is 2. The maximum atomic E-state index is 13.7. The molecule has 4 rings (SSSR count). The van der Waals surface area contributed by atoms with Crippen LogP contribution < -0.4 is 16.4 Å². The molecule has 0 saturated heterocycles. The normalized spacial score (nSPS) is 11.8. The summed E-state index contributed by atoms with van der Waals surface area (Å²) >= 11 is 1.24.